The van der Waals surface area contributed by atoms with Gasteiger partial charge in [-0.1, -0.05) is 54.6 Å². The molecule has 0 unspecified atom stereocenters. The minimum Gasteiger partial charge on any atom is -0.388 e. The molecule has 0 radical (unpaired) electrons. The van der Waals surface area contributed by atoms with Gasteiger partial charge in [0.1, 0.15) is 0 Å². The van der Waals surface area contributed by atoms with Crippen LogP contribution >= 0.6 is 0 Å². The van der Waals surface area contributed by atoms with Gasteiger partial charge in [-0.15, -0.1) is 0 Å². The molecule has 0 spiro atoms. The lowest BCUT2D eigenvalue weighted by molar-refractivity contribution is 0.0567. The molecule has 2 heteroatoms. The SMILES string of the molecule is Cc1ccccc1CN1CCC([C@@H](O)c2ccccc2)CC1. The zero-order chi connectivity index (χ0) is 15.4. The standard InChI is InChI=1S/C20H25NO/c1-16-7-5-6-10-19(16)15-21-13-11-18(12-14-21)20(22)17-8-3-2-4-9-17/h2-10,18,20,22H,11-15H2,1H3/t20-/m0/s1. The summed E-state index contributed by atoms with van der Waals surface area (Å²) in [5.74, 6) is 0.385. The molecule has 2 aromatic carbocycles. The Labute approximate surface area is 133 Å². The van der Waals surface area contributed by atoms with E-state index in [2.05, 4.69) is 36.1 Å². The Kier molecular flexibility index (Phi) is 4.91. The summed E-state index contributed by atoms with van der Waals surface area (Å²) in [7, 11) is 0. The van der Waals surface area contributed by atoms with Gasteiger partial charge in [0.05, 0.1) is 6.10 Å². The van der Waals surface area contributed by atoms with Crippen LogP contribution in [0.5, 0.6) is 0 Å². The van der Waals surface area contributed by atoms with Crippen LogP contribution in [0.2, 0.25) is 0 Å². The predicted molar refractivity (Wildman–Crippen MR) is 90.6 cm³/mol. The van der Waals surface area contributed by atoms with Crippen LogP contribution < -0.4 is 0 Å². The second-order valence-electron chi connectivity index (χ2n) is 6.40. The third-order valence-electron chi connectivity index (χ3n) is 4.88. The normalized spacial score (nSPS) is 18.3. The number of aliphatic hydroxyl groups is 1. The third-order valence-corrected chi connectivity index (χ3v) is 4.88. The summed E-state index contributed by atoms with van der Waals surface area (Å²) in [5.41, 5.74) is 3.85. The Morgan fingerprint density at radius 2 is 1.64 bits per heavy atom. The maximum absolute atomic E-state index is 10.5. The largest absolute Gasteiger partial charge is 0.388 e. The van der Waals surface area contributed by atoms with Crippen LogP contribution in [0, 0.1) is 12.8 Å². The van der Waals surface area contributed by atoms with Crippen molar-refractivity contribution < 1.29 is 5.11 Å². The van der Waals surface area contributed by atoms with Crippen LogP contribution in [0.25, 0.3) is 0 Å². The van der Waals surface area contributed by atoms with Crippen LogP contribution in [0.3, 0.4) is 0 Å². The Balaban J connectivity index is 1.55. The van der Waals surface area contributed by atoms with Crippen LogP contribution in [0.1, 0.15) is 35.6 Å². The van der Waals surface area contributed by atoms with Gasteiger partial charge in [-0.2, -0.15) is 0 Å². The van der Waals surface area contributed by atoms with Crippen molar-refractivity contribution in [3.8, 4) is 0 Å². The Bertz CT molecular complexity index is 588. The van der Waals surface area contributed by atoms with Gasteiger partial charge in [0.2, 0.25) is 0 Å². The van der Waals surface area contributed by atoms with Crippen LogP contribution in [-0.2, 0) is 6.54 Å². The second-order valence-corrected chi connectivity index (χ2v) is 6.40. The molecule has 0 bridgehead atoms. The third kappa shape index (κ3) is 3.57. The van der Waals surface area contributed by atoms with E-state index < -0.39 is 0 Å². The quantitative estimate of drug-likeness (QED) is 0.923. The molecule has 1 aliphatic heterocycles. The Hall–Kier alpha value is -1.64. The number of piperidine rings is 1. The van der Waals surface area contributed by atoms with E-state index in [1.165, 1.54) is 11.1 Å². The molecule has 0 aliphatic carbocycles. The highest BCUT2D eigenvalue weighted by molar-refractivity contribution is 5.25. The van der Waals surface area contributed by atoms with E-state index in [4.69, 9.17) is 0 Å². The van der Waals surface area contributed by atoms with Crippen molar-refractivity contribution >= 4 is 0 Å². The van der Waals surface area contributed by atoms with Gasteiger partial charge in [-0.05, 0) is 55.5 Å². The molecule has 0 amide bonds. The second kappa shape index (κ2) is 7.08. The van der Waals surface area contributed by atoms with Crippen LogP contribution in [0.15, 0.2) is 54.6 Å². The van der Waals surface area contributed by atoms with Gasteiger partial charge >= 0.3 is 0 Å². The molecular formula is C20H25NO. The number of rotatable bonds is 4. The zero-order valence-electron chi connectivity index (χ0n) is 13.3. The van der Waals surface area contributed by atoms with Crippen molar-refractivity contribution in [1.29, 1.82) is 0 Å². The number of hydrogen-bond acceptors (Lipinski definition) is 2. The number of aryl methyl sites for hydroxylation is 1. The Morgan fingerprint density at radius 3 is 2.32 bits per heavy atom. The molecule has 1 heterocycles. The molecule has 0 saturated carbocycles. The lowest BCUT2D eigenvalue weighted by Crippen LogP contribution is -2.35. The van der Waals surface area contributed by atoms with Gasteiger partial charge in [0, 0.05) is 6.54 Å². The summed E-state index contributed by atoms with van der Waals surface area (Å²) in [6.07, 6.45) is 1.82. The van der Waals surface area contributed by atoms with Crippen molar-refractivity contribution in [2.75, 3.05) is 13.1 Å². The molecule has 2 nitrogen and oxygen atoms in total. The van der Waals surface area contributed by atoms with Crippen molar-refractivity contribution in [3.63, 3.8) is 0 Å². The monoisotopic (exact) mass is 295 g/mol. The summed E-state index contributed by atoms with van der Waals surface area (Å²) < 4.78 is 0. The maximum atomic E-state index is 10.5. The first-order valence-electron chi connectivity index (χ1n) is 8.24. The number of aliphatic hydroxyl groups excluding tert-OH is 1. The van der Waals surface area contributed by atoms with E-state index in [1.54, 1.807) is 0 Å². The van der Waals surface area contributed by atoms with Crippen molar-refractivity contribution in [2.24, 2.45) is 5.92 Å². The summed E-state index contributed by atoms with van der Waals surface area (Å²) >= 11 is 0. The fourth-order valence-electron chi connectivity index (χ4n) is 3.38. The highest BCUT2D eigenvalue weighted by Gasteiger charge is 2.26. The highest BCUT2D eigenvalue weighted by Crippen LogP contribution is 2.31. The molecular weight excluding hydrogens is 270 g/mol. The minimum absolute atomic E-state index is 0.318. The molecule has 1 N–H and O–H groups in total. The highest BCUT2D eigenvalue weighted by atomic mass is 16.3. The summed E-state index contributed by atoms with van der Waals surface area (Å²) in [4.78, 5) is 2.51. The molecule has 116 valence electrons. The first kappa shape index (κ1) is 15.3. The van der Waals surface area contributed by atoms with Gasteiger partial charge < -0.3 is 5.11 Å². The minimum atomic E-state index is -0.318. The zero-order valence-corrected chi connectivity index (χ0v) is 13.3. The smallest absolute Gasteiger partial charge is 0.0819 e. The van der Waals surface area contributed by atoms with E-state index in [0.717, 1.165) is 38.0 Å². The first-order valence-corrected chi connectivity index (χ1v) is 8.24. The molecule has 1 saturated heterocycles. The topological polar surface area (TPSA) is 23.5 Å². The molecule has 1 atom stereocenters. The van der Waals surface area contributed by atoms with Crippen molar-refractivity contribution in [2.45, 2.75) is 32.4 Å². The van der Waals surface area contributed by atoms with Crippen LogP contribution in [-0.4, -0.2) is 23.1 Å². The van der Waals surface area contributed by atoms with Gasteiger partial charge in [-0.25, -0.2) is 0 Å². The number of nitrogens with zero attached hydrogens (tertiary/aromatic N) is 1. The van der Waals surface area contributed by atoms with E-state index in [0.29, 0.717) is 5.92 Å². The lowest BCUT2D eigenvalue weighted by atomic mass is 9.87. The molecule has 1 aliphatic rings. The summed E-state index contributed by atoms with van der Waals surface area (Å²) in [6.45, 7) is 5.36. The molecule has 2 aromatic rings. The van der Waals surface area contributed by atoms with Gasteiger partial charge in [0.25, 0.3) is 0 Å². The van der Waals surface area contributed by atoms with E-state index >= 15 is 0 Å². The van der Waals surface area contributed by atoms with Gasteiger partial charge in [-0.3, -0.25) is 4.90 Å². The first-order chi connectivity index (χ1) is 10.7. The fourth-order valence-corrected chi connectivity index (χ4v) is 3.38. The van der Waals surface area contributed by atoms with E-state index in [9.17, 15) is 5.11 Å². The molecule has 0 aromatic heterocycles. The average Bonchev–Trinajstić information content (AvgIpc) is 2.58. The maximum Gasteiger partial charge on any atom is 0.0819 e. The Morgan fingerprint density at radius 1 is 1.00 bits per heavy atom. The fraction of sp³-hybridized carbons (Fsp3) is 0.400. The van der Waals surface area contributed by atoms with Gasteiger partial charge in [0.15, 0.2) is 0 Å². The number of benzene rings is 2. The lowest BCUT2D eigenvalue weighted by Gasteiger charge is -2.34. The molecule has 3 rings (SSSR count). The predicted octanol–water partition coefficient (Wildman–Crippen LogP) is 3.94. The average molecular weight is 295 g/mol. The van der Waals surface area contributed by atoms with E-state index in [1.807, 2.05) is 30.3 Å². The van der Waals surface area contributed by atoms with E-state index in [-0.39, 0.29) is 6.10 Å². The van der Waals surface area contributed by atoms with Crippen LogP contribution in [0.4, 0.5) is 0 Å². The van der Waals surface area contributed by atoms with Crippen molar-refractivity contribution in [1.82, 2.24) is 4.90 Å². The van der Waals surface area contributed by atoms with Crippen molar-refractivity contribution in [3.05, 3.63) is 71.3 Å². The summed E-state index contributed by atoms with van der Waals surface area (Å²) in [5, 5.41) is 10.5. The molecule has 1 fully saturated rings. The summed E-state index contributed by atoms with van der Waals surface area (Å²) in [6, 6.07) is 18.7. The molecule has 22 heavy (non-hydrogen) atoms. The number of hydrogen-bond donors (Lipinski definition) is 1. The number of likely N-dealkylation sites (tertiary alicyclic amines) is 1.